The summed E-state index contributed by atoms with van der Waals surface area (Å²) in [6, 6.07) is 4.54. The second kappa shape index (κ2) is 4.74. The van der Waals surface area contributed by atoms with Crippen molar-refractivity contribution in [1.29, 1.82) is 0 Å². The fourth-order valence-corrected chi connectivity index (χ4v) is 2.30. The number of hydrogen-bond donors (Lipinski definition) is 1. The van der Waals surface area contributed by atoms with Crippen molar-refractivity contribution in [3.05, 3.63) is 23.3 Å². The van der Waals surface area contributed by atoms with E-state index in [1.807, 2.05) is 13.0 Å². The quantitative estimate of drug-likeness (QED) is 0.849. The molecule has 1 unspecified atom stereocenters. The van der Waals surface area contributed by atoms with Gasteiger partial charge in [-0.25, -0.2) is 0 Å². The third kappa shape index (κ3) is 1.87. The van der Waals surface area contributed by atoms with E-state index in [0.29, 0.717) is 12.6 Å². The molecule has 1 atom stereocenters. The van der Waals surface area contributed by atoms with Gasteiger partial charge in [-0.2, -0.15) is 0 Å². The Bertz CT molecular complexity index is 376. The highest BCUT2D eigenvalue weighted by Crippen LogP contribution is 2.37. The zero-order valence-electron chi connectivity index (χ0n) is 10.2. The Labute approximate surface area is 96.8 Å². The largest absolute Gasteiger partial charge is 0.493 e. The molecule has 0 saturated carbocycles. The van der Waals surface area contributed by atoms with Gasteiger partial charge in [0.15, 0.2) is 11.5 Å². The maximum atomic E-state index is 5.58. The molecule has 16 heavy (non-hydrogen) atoms. The first kappa shape index (κ1) is 11.3. The second-order valence-electron chi connectivity index (χ2n) is 4.02. The van der Waals surface area contributed by atoms with E-state index in [1.165, 1.54) is 11.1 Å². The molecule has 1 aromatic rings. The fraction of sp³-hybridized carbons (Fsp3) is 0.538. The molecule has 88 valence electrons. The molecule has 0 fully saturated rings. The Morgan fingerprint density at radius 2 is 2.25 bits per heavy atom. The van der Waals surface area contributed by atoms with Gasteiger partial charge in [0.25, 0.3) is 0 Å². The normalized spacial score (nSPS) is 19.1. The smallest absolute Gasteiger partial charge is 0.164 e. The van der Waals surface area contributed by atoms with Gasteiger partial charge < -0.3 is 14.8 Å². The number of hydrogen-bond acceptors (Lipinski definition) is 3. The Morgan fingerprint density at radius 1 is 1.44 bits per heavy atom. The minimum Gasteiger partial charge on any atom is -0.493 e. The van der Waals surface area contributed by atoms with Crippen molar-refractivity contribution in [1.82, 2.24) is 5.32 Å². The predicted octanol–water partition coefficient (Wildman–Crippen LogP) is 2.30. The van der Waals surface area contributed by atoms with E-state index in [4.69, 9.17) is 9.47 Å². The number of fused-ring (bicyclic) bond motifs is 1. The van der Waals surface area contributed by atoms with Crippen LogP contribution in [0, 0.1) is 0 Å². The van der Waals surface area contributed by atoms with Gasteiger partial charge in [0.05, 0.1) is 13.7 Å². The highest BCUT2D eigenvalue weighted by atomic mass is 16.5. The van der Waals surface area contributed by atoms with Gasteiger partial charge in [0.2, 0.25) is 0 Å². The van der Waals surface area contributed by atoms with Gasteiger partial charge in [0.1, 0.15) is 0 Å². The summed E-state index contributed by atoms with van der Waals surface area (Å²) in [4.78, 5) is 0. The first-order valence-electron chi connectivity index (χ1n) is 5.83. The number of methoxy groups -OCH3 is 1. The van der Waals surface area contributed by atoms with Gasteiger partial charge in [-0.05, 0) is 38.4 Å². The first-order valence-corrected chi connectivity index (χ1v) is 5.83. The topological polar surface area (TPSA) is 30.5 Å². The monoisotopic (exact) mass is 221 g/mol. The fourth-order valence-electron chi connectivity index (χ4n) is 2.30. The molecule has 3 heteroatoms. The number of ether oxygens (including phenoxy) is 2. The summed E-state index contributed by atoms with van der Waals surface area (Å²) in [6.45, 7) is 5.84. The molecule has 0 spiro atoms. The molecule has 1 aliphatic rings. The highest BCUT2D eigenvalue weighted by molar-refractivity contribution is 5.52. The van der Waals surface area contributed by atoms with Gasteiger partial charge in [-0.15, -0.1) is 0 Å². The maximum Gasteiger partial charge on any atom is 0.164 e. The molecule has 2 rings (SSSR count). The van der Waals surface area contributed by atoms with Gasteiger partial charge >= 0.3 is 0 Å². The van der Waals surface area contributed by atoms with Crippen LogP contribution in [0.2, 0.25) is 0 Å². The van der Waals surface area contributed by atoms with E-state index < -0.39 is 0 Å². The average molecular weight is 221 g/mol. The molecular weight excluding hydrogens is 202 g/mol. The third-order valence-corrected chi connectivity index (χ3v) is 3.06. The van der Waals surface area contributed by atoms with E-state index in [-0.39, 0.29) is 0 Å². The molecule has 0 bridgehead atoms. The maximum absolute atomic E-state index is 5.58. The van der Waals surface area contributed by atoms with Crippen LogP contribution in [-0.4, -0.2) is 20.3 Å². The number of rotatable bonds is 3. The van der Waals surface area contributed by atoms with Crippen molar-refractivity contribution in [2.24, 2.45) is 0 Å². The van der Waals surface area contributed by atoms with Crippen LogP contribution in [0.4, 0.5) is 0 Å². The summed E-state index contributed by atoms with van der Waals surface area (Å²) < 4.78 is 11.1. The van der Waals surface area contributed by atoms with Crippen LogP contribution in [0.5, 0.6) is 11.5 Å². The summed E-state index contributed by atoms with van der Waals surface area (Å²) in [5.41, 5.74) is 2.62. The van der Waals surface area contributed by atoms with Crippen molar-refractivity contribution in [3.63, 3.8) is 0 Å². The van der Waals surface area contributed by atoms with Crippen LogP contribution >= 0.6 is 0 Å². The Morgan fingerprint density at radius 3 is 2.94 bits per heavy atom. The van der Waals surface area contributed by atoms with Crippen molar-refractivity contribution in [2.45, 2.75) is 26.3 Å². The summed E-state index contributed by atoms with van der Waals surface area (Å²) in [5.74, 6) is 1.77. The summed E-state index contributed by atoms with van der Waals surface area (Å²) in [7, 11) is 1.71. The molecule has 1 aliphatic heterocycles. The van der Waals surface area contributed by atoms with Crippen molar-refractivity contribution in [3.8, 4) is 11.5 Å². The molecule has 1 N–H and O–H groups in total. The standard InChI is InChI=1S/C13H19NO2/c1-4-16-12-6-5-10-9(2)14-8-7-11(10)13(12)15-3/h5-6,9,14H,4,7-8H2,1-3H3. The number of nitrogens with one attached hydrogen (secondary N) is 1. The van der Waals surface area contributed by atoms with Crippen LogP contribution < -0.4 is 14.8 Å². The molecule has 3 nitrogen and oxygen atoms in total. The lowest BCUT2D eigenvalue weighted by Crippen LogP contribution is -2.28. The molecule has 0 saturated heterocycles. The minimum absolute atomic E-state index is 0.397. The molecular formula is C13H19NO2. The van der Waals surface area contributed by atoms with E-state index in [2.05, 4.69) is 18.3 Å². The zero-order valence-corrected chi connectivity index (χ0v) is 10.2. The third-order valence-electron chi connectivity index (χ3n) is 3.06. The van der Waals surface area contributed by atoms with Crippen LogP contribution in [0.15, 0.2) is 12.1 Å². The predicted molar refractivity (Wildman–Crippen MR) is 64.3 cm³/mol. The SMILES string of the molecule is CCOc1ccc2c(c1OC)CCNC2C. The summed E-state index contributed by atoms with van der Waals surface area (Å²) >= 11 is 0. The van der Waals surface area contributed by atoms with Crippen LogP contribution in [0.25, 0.3) is 0 Å². The molecule has 0 amide bonds. The van der Waals surface area contributed by atoms with Crippen molar-refractivity contribution in [2.75, 3.05) is 20.3 Å². The minimum atomic E-state index is 0.397. The van der Waals surface area contributed by atoms with Crippen LogP contribution in [0.3, 0.4) is 0 Å². The van der Waals surface area contributed by atoms with E-state index in [0.717, 1.165) is 24.5 Å². The lowest BCUT2D eigenvalue weighted by Gasteiger charge is -2.26. The highest BCUT2D eigenvalue weighted by Gasteiger charge is 2.21. The Hall–Kier alpha value is -1.22. The Kier molecular flexibility index (Phi) is 3.34. The van der Waals surface area contributed by atoms with E-state index in [1.54, 1.807) is 7.11 Å². The first-order chi connectivity index (χ1) is 7.77. The van der Waals surface area contributed by atoms with Crippen molar-refractivity contribution >= 4 is 0 Å². The van der Waals surface area contributed by atoms with Gasteiger partial charge in [-0.3, -0.25) is 0 Å². The molecule has 0 aliphatic carbocycles. The zero-order chi connectivity index (χ0) is 11.5. The molecule has 1 aromatic carbocycles. The van der Waals surface area contributed by atoms with E-state index in [9.17, 15) is 0 Å². The average Bonchev–Trinajstić information content (AvgIpc) is 2.29. The second-order valence-corrected chi connectivity index (χ2v) is 4.02. The molecule has 0 radical (unpaired) electrons. The van der Waals surface area contributed by atoms with E-state index >= 15 is 0 Å². The lowest BCUT2D eigenvalue weighted by atomic mass is 9.94. The van der Waals surface area contributed by atoms with Gasteiger partial charge in [-0.1, -0.05) is 6.07 Å². The van der Waals surface area contributed by atoms with Crippen LogP contribution in [0.1, 0.15) is 31.0 Å². The summed E-state index contributed by atoms with van der Waals surface area (Å²) in [6.07, 6.45) is 1.00. The summed E-state index contributed by atoms with van der Waals surface area (Å²) in [5, 5.41) is 3.44. The van der Waals surface area contributed by atoms with Gasteiger partial charge in [0, 0.05) is 11.6 Å². The van der Waals surface area contributed by atoms with Crippen molar-refractivity contribution < 1.29 is 9.47 Å². The lowest BCUT2D eigenvalue weighted by molar-refractivity contribution is 0.307. The Balaban J connectivity index is 2.46. The molecule has 0 aromatic heterocycles. The number of benzene rings is 1. The van der Waals surface area contributed by atoms with Crippen LogP contribution in [-0.2, 0) is 6.42 Å². The molecule has 1 heterocycles.